The van der Waals surface area contributed by atoms with Gasteiger partial charge in [-0.1, -0.05) is 6.92 Å². The van der Waals surface area contributed by atoms with Gasteiger partial charge in [0.2, 0.25) is 5.91 Å². The van der Waals surface area contributed by atoms with E-state index in [-0.39, 0.29) is 12.5 Å². The van der Waals surface area contributed by atoms with E-state index in [1.54, 1.807) is 17.6 Å². The van der Waals surface area contributed by atoms with Crippen molar-refractivity contribution in [2.45, 2.75) is 40.3 Å². The van der Waals surface area contributed by atoms with Gasteiger partial charge in [0.05, 0.1) is 35.6 Å². The molecule has 3 aromatic rings. The van der Waals surface area contributed by atoms with Crippen LogP contribution in [0.4, 0.5) is 5.82 Å². The Hall–Kier alpha value is -2.89. The zero-order valence-corrected chi connectivity index (χ0v) is 18.0. The number of carbonyl (C=O) groups is 1. The van der Waals surface area contributed by atoms with E-state index in [2.05, 4.69) is 23.3 Å². The molecule has 152 valence electrons. The van der Waals surface area contributed by atoms with Gasteiger partial charge in [0.15, 0.2) is 0 Å². The number of aryl methyl sites for hydroxylation is 1. The topological polar surface area (TPSA) is 87.1 Å². The van der Waals surface area contributed by atoms with E-state index >= 15 is 0 Å². The standard InChI is InChI=1S/C21H25N5O2S/c1-5-20-23-16(13-29-20)10-25(4)12-19(27)24-21-18(9-22)14(2)15(3)26(21)11-17-7-6-8-28-17/h6-8,13H,5,10-12H2,1-4H3,(H,24,27). The maximum atomic E-state index is 12.7. The first-order chi connectivity index (χ1) is 13.9. The monoisotopic (exact) mass is 411 g/mol. The van der Waals surface area contributed by atoms with E-state index in [4.69, 9.17) is 4.42 Å². The molecule has 0 spiro atoms. The highest BCUT2D eigenvalue weighted by atomic mass is 32.1. The van der Waals surface area contributed by atoms with Crippen molar-refractivity contribution in [1.29, 1.82) is 5.26 Å². The van der Waals surface area contributed by atoms with Crippen molar-refractivity contribution in [2.24, 2.45) is 0 Å². The van der Waals surface area contributed by atoms with Gasteiger partial charge < -0.3 is 14.3 Å². The van der Waals surface area contributed by atoms with Gasteiger partial charge in [-0.05, 0) is 45.0 Å². The number of likely N-dealkylation sites (N-methyl/N-ethyl adjacent to an activating group) is 1. The molecule has 0 atom stereocenters. The SMILES string of the molecule is CCc1nc(CN(C)CC(=O)Nc2c(C#N)c(C)c(C)n2Cc2ccco2)cs1. The van der Waals surface area contributed by atoms with Crippen LogP contribution in [0.15, 0.2) is 28.2 Å². The van der Waals surface area contributed by atoms with Crippen molar-refractivity contribution in [3.8, 4) is 6.07 Å². The number of nitrogens with zero attached hydrogens (tertiary/aromatic N) is 4. The predicted molar refractivity (Wildman–Crippen MR) is 113 cm³/mol. The molecule has 7 nitrogen and oxygen atoms in total. The van der Waals surface area contributed by atoms with E-state index in [0.717, 1.165) is 34.1 Å². The number of hydrogen-bond donors (Lipinski definition) is 1. The summed E-state index contributed by atoms with van der Waals surface area (Å²) in [5.74, 6) is 1.10. The first-order valence-electron chi connectivity index (χ1n) is 9.46. The number of anilines is 1. The predicted octanol–water partition coefficient (Wildman–Crippen LogP) is 3.71. The Balaban J connectivity index is 1.73. The normalized spacial score (nSPS) is 11.0. The summed E-state index contributed by atoms with van der Waals surface area (Å²) in [5.41, 5.74) is 3.23. The Morgan fingerprint density at radius 3 is 2.86 bits per heavy atom. The summed E-state index contributed by atoms with van der Waals surface area (Å²) in [7, 11) is 1.88. The Labute approximate surface area is 174 Å². The van der Waals surface area contributed by atoms with Crippen molar-refractivity contribution in [1.82, 2.24) is 14.5 Å². The molecule has 1 N–H and O–H groups in total. The first-order valence-corrected chi connectivity index (χ1v) is 10.3. The molecule has 0 radical (unpaired) electrons. The average molecular weight is 412 g/mol. The van der Waals surface area contributed by atoms with E-state index < -0.39 is 0 Å². The van der Waals surface area contributed by atoms with Crippen molar-refractivity contribution >= 4 is 23.1 Å². The van der Waals surface area contributed by atoms with Crippen LogP contribution >= 0.6 is 11.3 Å². The van der Waals surface area contributed by atoms with Gasteiger partial charge in [-0.2, -0.15) is 5.26 Å². The van der Waals surface area contributed by atoms with E-state index in [9.17, 15) is 10.1 Å². The van der Waals surface area contributed by atoms with Crippen molar-refractivity contribution in [2.75, 3.05) is 18.9 Å². The fraction of sp³-hybridized carbons (Fsp3) is 0.381. The van der Waals surface area contributed by atoms with E-state index in [1.807, 2.05) is 47.9 Å². The molecule has 0 bridgehead atoms. The van der Waals surface area contributed by atoms with Crippen LogP contribution in [0.5, 0.6) is 0 Å². The largest absolute Gasteiger partial charge is 0.467 e. The van der Waals surface area contributed by atoms with Crippen molar-refractivity contribution in [3.05, 3.63) is 57.1 Å². The number of furan rings is 1. The Morgan fingerprint density at radius 2 is 2.24 bits per heavy atom. The smallest absolute Gasteiger partial charge is 0.239 e. The Bertz CT molecular complexity index is 1030. The van der Waals surface area contributed by atoms with Crippen LogP contribution in [-0.2, 0) is 24.3 Å². The molecule has 0 aliphatic heterocycles. The highest BCUT2D eigenvalue weighted by Crippen LogP contribution is 2.27. The summed E-state index contributed by atoms with van der Waals surface area (Å²) in [6, 6.07) is 5.92. The van der Waals surface area contributed by atoms with Gasteiger partial charge in [0, 0.05) is 17.6 Å². The number of thiazole rings is 1. The molecule has 0 aliphatic carbocycles. The number of hydrogen-bond acceptors (Lipinski definition) is 6. The number of nitrogens with one attached hydrogen (secondary N) is 1. The quantitative estimate of drug-likeness (QED) is 0.611. The molecule has 0 aromatic carbocycles. The molecular weight excluding hydrogens is 386 g/mol. The fourth-order valence-electron chi connectivity index (χ4n) is 3.22. The third kappa shape index (κ3) is 4.75. The Morgan fingerprint density at radius 1 is 1.45 bits per heavy atom. The van der Waals surface area contributed by atoms with Gasteiger partial charge in [-0.3, -0.25) is 9.69 Å². The van der Waals surface area contributed by atoms with Gasteiger partial charge >= 0.3 is 0 Å². The van der Waals surface area contributed by atoms with Gasteiger partial charge in [0.1, 0.15) is 17.6 Å². The Kier molecular flexibility index (Phi) is 6.52. The number of aromatic nitrogens is 2. The molecule has 0 unspecified atom stereocenters. The van der Waals surface area contributed by atoms with Crippen LogP contribution in [0, 0.1) is 25.2 Å². The van der Waals surface area contributed by atoms with Crippen LogP contribution in [0.2, 0.25) is 0 Å². The third-order valence-corrected chi connectivity index (χ3v) is 5.88. The maximum absolute atomic E-state index is 12.7. The second kappa shape index (κ2) is 9.07. The van der Waals surface area contributed by atoms with Crippen molar-refractivity contribution in [3.63, 3.8) is 0 Å². The van der Waals surface area contributed by atoms with Crippen LogP contribution < -0.4 is 5.32 Å². The summed E-state index contributed by atoms with van der Waals surface area (Å²) in [6.45, 7) is 7.16. The second-order valence-corrected chi connectivity index (χ2v) is 7.96. The minimum Gasteiger partial charge on any atom is -0.467 e. The average Bonchev–Trinajstić information content (AvgIpc) is 3.40. The lowest BCUT2D eigenvalue weighted by Crippen LogP contribution is -2.31. The molecule has 0 aliphatic rings. The minimum atomic E-state index is -0.173. The van der Waals surface area contributed by atoms with Crippen LogP contribution in [0.3, 0.4) is 0 Å². The van der Waals surface area contributed by atoms with E-state index in [0.29, 0.717) is 24.5 Å². The molecule has 0 fully saturated rings. The highest BCUT2D eigenvalue weighted by molar-refractivity contribution is 7.09. The molecular formula is C21H25N5O2S. The highest BCUT2D eigenvalue weighted by Gasteiger charge is 2.21. The third-order valence-electron chi connectivity index (χ3n) is 4.84. The zero-order valence-electron chi connectivity index (χ0n) is 17.2. The lowest BCUT2D eigenvalue weighted by atomic mass is 10.2. The molecule has 0 saturated heterocycles. The van der Waals surface area contributed by atoms with Crippen LogP contribution in [-0.4, -0.2) is 34.0 Å². The number of carbonyl (C=O) groups excluding carboxylic acids is 1. The number of rotatable bonds is 8. The first kappa shape index (κ1) is 20.8. The molecule has 0 saturated carbocycles. The molecule has 3 aromatic heterocycles. The number of amides is 1. The van der Waals surface area contributed by atoms with Crippen molar-refractivity contribution < 1.29 is 9.21 Å². The molecule has 3 heterocycles. The summed E-state index contributed by atoms with van der Waals surface area (Å²) in [5, 5.41) is 15.7. The lowest BCUT2D eigenvalue weighted by Gasteiger charge is -2.16. The lowest BCUT2D eigenvalue weighted by molar-refractivity contribution is -0.117. The summed E-state index contributed by atoms with van der Waals surface area (Å²) in [4.78, 5) is 19.2. The summed E-state index contributed by atoms with van der Waals surface area (Å²) in [6.07, 6.45) is 2.53. The van der Waals surface area contributed by atoms with Gasteiger partial charge in [0.25, 0.3) is 0 Å². The van der Waals surface area contributed by atoms with Gasteiger partial charge in [-0.25, -0.2) is 4.98 Å². The number of nitriles is 1. The molecule has 1 amide bonds. The summed E-state index contributed by atoms with van der Waals surface area (Å²) < 4.78 is 7.36. The van der Waals surface area contributed by atoms with E-state index in [1.165, 1.54) is 0 Å². The molecule has 29 heavy (non-hydrogen) atoms. The molecule has 3 rings (SSSR count). The second-order valence-electron chi connectivity index (χ2n) is 7.02. The van der Waals surface area contributed by atoms with Crippen LogP contribution in [0.25, 0.3) is 0 Å². The fourth-order valence-corrected chi connectivity index (χ4v) is 3.96. The van der Waals surface area contributed by atoms with Crippen LogP contribution in [0.1, 0.15) is 40.2 Å². The molecule has 8 heteroatoms. The maximum Gasteiger partial charge on any atom is 0.239 e. The summed E-state index contributed by atoms with van der Waals surface area (Å²) >= 11 is 1.64. The zero-order chi connectivity index (χ0) is 21.0. The van der Waals surface area contributed by atoms with Gasteiger partial charge in [-0.15, -0.1) is 11.3 Å². The minimum absolute atomic E-state index is 0.173.